The van der Waals surface area contributed by atoms with Crippen LogP contribution < -0.4 is 0 Å². The molecule has 0 aromatic carbocycles. The molecule has 168 valence electrons. The van der Waals surface area contributed by atoms with Crippen molar-refractivity contribution in [1.29, 1.82) is 0 Å². The van der Waals surface area contributed by atoms with Crippen LogP contribution in [0.15, 0.2) is 19.6 Å². The first-order valence-corrected chi connectivity index (χ1v) is 9.57. The zero-order valence-corrected chi connectivity index (χ0v) is 20.3. The molecule has 8 nitrogen and oxygen atoms in total. The van der Waals surface area contributed by atoms with Gasteiger partial charge in [-0.1, -0.05) is 0 Å². The third kappa shape index (κ3) is 13.6. The summed E-state index contributed by atoms with van der Waals surface area (Å²) in [5.41, 5.74) is -0.752. The van der Waals surface area contributed by atoms with Crippen LogP contribution in [0.1, 0.15) is 27.7 Å². The van der Waals surface area contributed by atoms with Gasteiger partial charge in [-0.25, -0.2) is 19.2 Å². The molecule has 0 saturated carbocycles. The van der Waals surface area contributed by atoms with Gasteiger partial charge >= 0.3 is 40.4 Å². The maximum Gasteiger partial charge on any atom is 2.00 e. The second-order valence-corrected chi connectivity index (χ2v) is 6.36. The first-order chi connectivity index (χ1) is 13.1. The summed E-state index contributed by atoms with van der Waals surface area (Å²) >= 11 is 18.3. The Labute approximate surface area is 202 Å². The van der Waals surface area contributed by atoms with E-state index < -0.39 is 23.9 Å². The molecule has 0 unspecified atom stereocenters. The molecule has 0 rings (SSSR count). The van der Waals surface area contributed by atoms with Crippen LogP contribution in [0.25, 0.3) is 0 Å². The quantitative estimate of drug-likeness (QED) is 0.0850. The van der Waals surface area contributed by atoms with E-state index in [9.17, 15) is 19.2 Å². The van der Waals surface area contributed by atoms with Crippen molar-refractivity contribution in [3.63, 3.8) is 0 Å². The minimum Gasteiger partial charge on any atom is -0.806 e. The van der Waals surface area contributed by atoms with Crippen molar-refractivity contribution in [2.45, 2.75) is 27.7 Å². The molecule has 0 amide bonds. The number of carbonyl (C=O) groups excluding carboxylic acids is 4. The van der Waals surface area contributed by atoms with E-state index in [0.717, 1.165) is 0 Å². The second-order valence-electron chi connectivity index (χ2n) is 4.21. The van der Waals surface area contributed by atoms with Crippen molar-refractivity contribution >= 4 is 74.4 Å². The van der Waals surface area contributed by atoms with Gasteiger partial charge in [-0.3, -0.25) is 0 Å². The Bertz CT molecular complexity index is 532. The first-order valence-electron chi connectivity index (χ1n) is 7.93. The van der Waals surface area contributed by atoms with E-state index in [1.807, 2.05) is 0 Å². The van der Waals surface area contributed by atoms with Crippen molar-refractivity contribution in [3.05, 3.63) is 19.6 Å². The molecule has 0 atom stereocenters. The van der Waals surface area contributed by atoms with Gasteiger partial charge < -0.3 is 77.9 Å². The summed E-state index contributed by atoms with van der Waals surface area (Å²) in [4.78, 5) is 44.7. The zero-order valence-electron chi connectivity index (χ0n) is 16.0. The maximum absolute atomic E-state index is 11.2. The monoisotopic (exact) mass is 526 g/mol. The molecule has 0 radical (unpaired) electrons. The van der Waals surface area contributed by atoms with Crippen molar-refractivity contribution in [3.8, 4) is 0 Å². The SMILES string of the molecule is CCOC(=O)C(C(=O)OCC)=C([S-])[S-].CCOC(=O)C(C(=O)OCC)=C([S-])[S-].[Ni+2]. The van der Waals surface area contributed by atoms with Crippen LogP contribution in [0.4, 0.5) is 0 Å². The van der Waals surface area contributed by atoms with Gasteiger partial charge in [0.25, 0.3) is 0 Å². The predicted octanol–water partition coefficient (Wildman–Crippen LogP) is 0.833. The molecule has 0 spiro atoms. The maximum atomic E-state index is 11.2. The number of carbonyl (C=O) groups is 4. The fraction of sp³-hybridized carbons (Fsp3) is 0.500. The van der Waals surface area contributed by atoms with Crippen LogP contribution in [0.5, 0.6) is 0 Å². The molecule has 0 saturated heterocycles. The number of hydrogen-bond acceptors (Lipinski definition) is 12. The Morgan fingerprint density at radius 1 is 0.517 bits per heavy atom. The summed E-state index contributed by atoms with van der Waals surface area (Å²) in [5.74, 6) is -3.31. The Morgan fingerprint density at radius 2 is 0.690 bits per heavy atom. The van der Waals surface area contributed by atoms with Crippen LogP contribution in [0.3, 0.4) is 0 Å². The van der Waals surface area contributed by atoms with E-state index in [-0.39, 0.29) is 62.5 Å². The summed E-state index contributed by atoms with van der Waals surface area (Å²) in [6, 6.07) is 0. The fourth-order valence-corrected chi connectivity index (χ4v) is 1.98. The Morgan fingerprint density at radius 3 is 0.793 bits per heavy atom. The van der Waals surface area contributed by atoms with E-state index in [1.165, 1.54) is 0 Å². The normalized spacial score (nSPS) is 8.69. The molecule has 13 heteroatoms. The molecule has 0 aliphatic heterocycles. The molecule has 0 N–H and O–H groups in total. The van der Waals surface area contributed by atoms with E-state index >= 15 is 0 Å². The first kappa shape index (κ1) is 32.4. The minimum absolute atomic E-state index is 0. The molecule has 0 heterocycles. The summed E-state index contributed by atoms with van der Waals surface area (Å²) in [7, 11) is 0. The Balaban J connectivity index is -0.000000451. The van der Waals surface area contributed by atoms with Crippen LogP contribution in [-0.4, -0.2) is 50.3 Å². The van der Waals surface area contributed by atoms with E-state index in [1.54, 1.807) is 27.7 Å². The minimum atomic E-state index is -0.828. The van der Waals surface area contributed by atoms with Crippen molar-refractivity contribution in [2.24, 2.45) is 0 Å². The second kappa shape index (κ2) is 18.7. The average molecular weight is 527 g/mol. The molecule has 0 aromatic heterocycles. The van der Waals surface area contributed by atoms with Crippen molar-refractivity contribution < 1.29 is 54.6 Å². The zero-order chi connectivity index (χ0) is 22.3. The van der Waals surface area contributed by atoms with Gasteiger partial charge in [-0.05, 0) is 27.7 Å². The Kier molecular flexibility index (Phi) is 20.9. The van der Waals surface area contributed by atoms with E-state index in [0.29, 0.717) is 0 Å². The molecule has 0 aliphatic rings. The molecule has 0 fully saturated rings. The van der Waals surface area contributed by atoms with Gasteiger partial charge in [0.2, 0.25) is 0 Å². The van der Waals surface area contributed by atoms with Gasteiger partial charge in [0.15, 0.2) is 0 Å². The van der Waals surface area contributed by atoms with Gasteiger partial charge in [0.1, 0.15) is 0 Å². The summed E-state index contributed by atoms with van der Waals surface area (Å²) in [5, 5.41) is 0. The Hall–Kier alpha value is -1.27. The van der Waals surface area contributed by atoms with Crippen LogP contribution in [0.2, 0.25) is 0 Å². The summed E-state index contributed by atoms with van der Waals surface area (Å²) in [6.07, 6.45) is 0. The standard InChI is InChI=1S/2C8H12O4S2.Ni/c2*1-3-11-6(9)5(8(13)14)7(10)12-4-2;/h2*13-14H,3-4H2,1-2H3;/q;;+2/p-4. The summed E-state index contributed by atoms with van der Waals surface area (Å²) < 4.78 is 17.9. The van der Waals surface area contributed by atoms with Crippen LogP contribution in [-0.2, 0) is 105 Å². The van der Waals surface area contributed by atoms with Gasteiger partial charge in [0, 0.05) is 0 Å². The molecule has 29 heavy (non-hydrogen) atoms. The number of esters is 4. The molecule has 0 aliphatic carbocycles. The van der Waals surface area contributed by atoms with Crippen molar-refractivity contribution in [1.82, 2.24) is 0 Å². The third-order valence-corrected chi connectivity index (χ3v) is 3.14. The van der Waals surface area contributed by atoms with E-state index in [2.05, 4.69) is 69.5 Å². The van der Waals surface area contributed by atoms with E-state index in [4.69, 9.17) is 0 Å². The van der Waals surface area contributed by atoms with Gasteiger partial charge in [0.05, 0.1) is 37.6 Å². The van der Waals surface area contributed by atoms with Crippen LogP contribution in [0, 0.1) is 0 Å². The number of rotatable bonds is 8. The van der Waals surface area contributed by atoms with Crippen LogP contribution >= 0.6 is 0 Å². The van der Waals surface area contributed by atoms with Gasteiger partial charge in [-0.2, -0.15) is 0 Å². The average Bonchev–Trinajstić information content (AvgIpc) is 2.55. The number of ether oxygens (including phenoxy) is 4. The molecule has 0 aromatic rings. The fourth-order valence-electron chi connectivity index (χ4n) is 1.31. The molecule has 0 bridgehead atoms. The predicted molar refractivity (Wildman–Crippen MR) is 110 cm³/mol. The topological polar surface area (TPSA) is 105 Å². The molecular weight excluding hydrogens is 507 g/mol. The number of hydrogen-bond donors (Lipinski definition) is 0. The largest absolute Gasteiger partial charge is 2.00 e. The smallest absolute Gasteiger partial charge is 0.806 e. The summed E-state index contributed by atoms with van der Waals surface area (Å²) in [6.45, 7) is 7.08. The van der Waals surface area contributed by atoms with Gasteiger partial charge in [-0.15, -0.1) is 0 Å². The third-order valence-electron chi connectivity index (χ3n) is 2.33. The molecular formula is C16H20NiO8S4-2. The van der Waals surface area contributed by atoms with Crippen molar-refractivity contribution in [2.75, 3.05) is 26.4 Å².